The minimum atomic E-state index is -1.35. The Bertz CT molecular complexity index is 398. The Morgan fingerprint density at radius 2 is 2.00 bits per heavy atom. The number of aliphatic carboxylic acids is 1. The van der Waals surface area contributed by atoms with Gasteiger partial charge in [-0.3, -0.25) is 4.79 Å². The van der Waals surface area contributed by atoms with Crippen molar-refractivity contribution in [1.82, 2.24) is 0 Å². The van der Waals surface area contributed by atoms with E-state index < -0.39 is 17.7 Å². The van der Waals surface area contributed by atoms with E-state index >= 15 is 0 Å². The Morgan fingerprint density at radius 3 is 2.50 bits per heavy atom. The number of carboxylic acid groups (broad SMARTS) is 1. The summed E-state index contributed by atoms with van der Waals surface area (Å²) in [6, 6.07) is 6.55. The lowest BCUT2D eigenvalue weighted by Gasteiger charge is -2.16. The summed E-state index contributed by atoms with van der Waals surface area (Å²) < 4.78 is 5.01. The summed E-state index contributed by atoms with van der Waals surface area (Å²) in [6.45, 7) is 1.63. The molecule has 0 aliphatic heterocycles. The molecule has 0 saturated heterocycles. The summed E-state index contributed by atoms with van der Waals surface area (Å²) in [5.74, 6) is -2.55. The predicted molar refractivity (Wildman–Crippen MR) is 56.1 cm³/mol. The molecule has 0 N–H and O–H groups in total. The van der Waals surface area contributed by atoms with Gasteiger partial charge >= 0.3 is 0 Å². The Kier molecular flexibility index (Phi) is 4.05. The maximum Gasteiger partial charge on any atom is 0.175 e. The predicted octanol–water partition coefficient (Wildman–Crippen LogP) is 0.654. The molecule has 0 radical (unpaired) electrons. The van der Waals surface area contributed by atoms with Gasteiger partial charge in [-0.1, -0.05) is 19.1 Å². The van der Waals surface area contributed by atoms with E-state index in [0.29, 0.717) is 5.75 Å². The van der Waals surface area contributed by atoms with Crippen molar-refractivity contribution >= 4 is 11.8 Å². The molecule has 0 heterocycles. The average molecular weight is 221 g/mol. The van der Waals surface area contributed by atoms with E-state index in [-0.39, 0.29) is 12.0 Å². The molecule has 0 aliphatic carbocycles. The lowest BCUT2D eigenvalue weighted by atomic mass is 9.95. The summed E-state index contributed by atoms with van der Waals surface area (Å²) in [6.07, 6.45) is 0.208. The van der Waals surface area contributed by atoms with Crippen molar-refractivity contribution in [3.63, 3.8) is 0 Å². The number of Topliss-reactive ketones (excluding diaryl/α,β-unsaturated/α-hetero) is 1. The van der Waals surface area contributed by atoms with Crippen LogP contribution < -0.4 is 9.84 Å². The number of carbonyl (C=O) groups is 2. The van der Waals surface area contributed by atoms with Crippen molar-refractivity contribution < 1.29 is 19.4 Å². The van der Waals surface area contributed by atoms with Crippen LogP contribution in [0.2, 0.25) is 0 Å². The van der Waals surface area contributed by atoms with Gasteiger partial charge in [0.05, 0.1) is 24.6 Å². The van der Waals surface area contributed by atoms with Gasteiger partial charge in [0.1, 0.15) is 5.75 Å². The topological polar surface area (TPSA) is 66.4 Å². The SMILES string of the molecule is CCC(C(=O)[O-])C(=O)c1ccccc1OC. The van der Waals surface area contributed by atoms with Crippen LogP contribution in [0.5, 0.6) is 5.75 Å². The third-order valence-electron chi connectivity index (χ3n) is 2.38. The molecule has 16 heavy (non-hydrogen) atoms. The number of rotatable bonds is 5. The van der Waals surface area contributed by atoms with Crippen molar-refractivity contribution in [3.05, 3.63) is 29.8 Å². The summed E-state index contributed by atoms with van der Waals surface area (Å²) in [7, 11) is 1.44. The van der Waals surface area contributed by atoms with E-state index in [9.17, 15) is 14.7 Å². The second-order valence-corrected chi connectivity index (χ2v) is 3.34. The minimum Gasteiger partial charge on any atom is -0.549 e. The van der Waals surface area contributed by atoms with E-state index in [1.165, 1.54) is 7.11 Å². The first-order chi connectivity index (χ1) is 7.61. The zero-order valence-corrected chi connectivity index (χ0v) is 9.23. The molecule has 0 bridgehead atoms. The highest BCUT2D eigenvalue weighted by Gasteiger charge is 2.21. The maximum atomic E-state index is 11.9. The number of para-hydroxylation sites is 1. The zero-order chi connectivity index (χ0) is 12.1. The number of ketones is 1. The minimum absolute atomic E-state index is 0.208. The molecule has 0 fully saturated rings. The normalized spacial score (nSPS) is 11.9. The number of carbonyl (C=O) groups excluding carboxylic acids is 2. The van der Waals surface area contributed by atoms with Crippen LogP contribution in [-0.4, -0.2) is 18.9 Å². The first-order valence-electron chi connectivity index (χ1n) is 4.99. The highest BCUT2D eigenvalue weighted by molar-refractivity contribution is 6.09. The van der Waals surface area contributed by atoms with Gasteiger partial charge in [0.25, 0.3) is 0 Å². The number of benzene rings is 1. The summed E-state index contributed by atoms with van der Waals surface area (Å²) >= 11 is 0. The van der Waals surface area contributed by atoms with Gasteiger partial charge in [-0.05, 0) is 18.6 Å². The van der Waals surface area contributed by atoms with Crippen molar-refractivity contribution in [1.29, 1.82) is 0 Å². The quantitative estimate of drug-likeness (QED) is 0.541. The Morgan fingerprint density at radius 1 is 1.38 bits per heavy atom. The van der Waals surface area contributed by atoms with E-state index in [0.717, 1.165) is 0 Å². The zero-order valence-electron chi connectivity index (χ0n) is 9.23. The highest BCUT2D eigenvalue weighted by atomic mass is 16.5. The first kappa shape index (κ1) is 12.2. The lowest BCUT2D eigenvalue weighted by molar-refractivity contribution is -0.309. The maximum absolute atomic E-state index is 11.9. The summed E-state index contributed by atoms with van der Waals surface area (Å²) in [5, 5.41) is 10.8. The molecule has 1 rings (SSSR count). The molecule has 0 aromatic heterocycles. The van der Waals surface area contributed by atoms with Crippen LogP contribution in [0.3, 0.4) is 0 Å². The first-order valence-corrected chi connectivity index (χ1v) is 4.99. The third-order valence-corrected chi connectivity index (χ3v) is 2.38. The second-order valence-electron chi connectivity index (χ2n) is 3.34. The number of methoxy groups -OCH3 is 1. The van der Waals surface area contributed by atoms with Crippen LogP contribution in [0.15, 0.2) is 24.3 Å². The molecule has 0 aliphatic rings. The molecule has 1 aromatic carbocycles. The van der Waals surface area contributed by atoms with Gasteiger partial charge < -0.3 is 14.6 Å². The number of carboxylic acids is 1. The van der Waals surface area contributed by atoms with Crippen LogP contribution in [0.4, 0.5) is 0 Å². The molecule has 1 aromatic rings. The molecule has 0 amide bonds. The fourth-order valence-corrected chi connectivity index (χ4v) is 1.50. The summed E-state index contributed by atoms with van der Waals surface area (Å²) in [4.78, 5) is 22.7. The van der Waals surface area contributed by atoms with Crippen LogP contribution in [0.25, 0.3) is 0 Å². The fraction of sp³-hybridized carbons (Fsp3) is 0.333. The Balaban J connectivity index is 3.08. The fourth-order valence-electron chi connectivity index (χ4n) is 1.50. The number of ether oxygens (including phenoxy) is 1. The highest BCUT2D eigenvalue weighted by Crippen LogP contribution is 2.22. The van der Waals surface area contributed by atoms with Gasteiger partial charge in [0.15, 0.2) is 5.78 Å². The van der Waals surface area contributed by atoms with E-state index in [1.807, 2.05) is 0 Å². The molecule has 86 valence electrons. The van der Waals surface area contributed by atoms with Crippen molar-refractivity contribution in [2.45, 2.75) is 13.3 Å². The second kappa shape index (κ2) is 5.30. The smallest absolute Gasteiger partial charge is 0.175 e. The molecule has 1 unspecified atom stereocenters. The number of hydrogen-bond donors (Lipinski definition) is 0. The van der Waals surface area contributed by atoms with Crippen LogP contribution in [0, 0.1) is 5.92 Å². The third kappa shape index (κ3) is 2.39. The Hall–Kier alpha value is -1.84. The monoisotopic (exact) mass is 221 g/mol. The van der Waals surface area contributed by atoms with Gasteiger partial charge in [0.2, 0.25) is 0 Å². The molecule has 4 nitrogen and oxygen atoms in total. The van der Waals surface area contributed by atoms with Gasteiger partial charge in [0, 0.05) is 0 Å². The van der Waals surface area contributed by atoms with Gasteiger partial charge in [-0.2, -0.15) is 0 Å². The standard InChI is InChI=1S/C12H14O4/c1-3-8(12(14)15)11(13)9-6-4-5-7-10(9)16-2/h4-8H,3H2,1-2H3,(H,14,15)/p-1. The molecule has 0 saturated carbocycles. The van der Waals surface area contributed by atoms with Crippen molar-refractivity contribution in [2.75, 3.05) is 7.11 Å². The number of hydrogen-bond acceptors (Lipinski definition) is 4. The Labute approximate surface area is 93.9 Å². The van der Waals surface area contributed by atoms with Gasteiger partial charge in [-0.25, -0.2) is 0 Å². The van der Waals surface area contributed by atoms with E-state index in [4.69, 9.17) is 4.74 Å². The van der Waals surface area contributed by atoms with Gasteiger partial charge in [-0.15, -0.1) is 0 Å². The molecular formula is C12H13O4-. The van der Waals surface area contributed by atoms with Crippen LogP contribution >= 0.6 is 0 Å². The largest absolute Gasteiger partial charge is 0.549 e. The van der Waals surface area contributed by atoms with Crippen molar-refractivity contribution in [3.8, 4) is 5.75 Å². The average Bonchev–Trinajstić information content (AvgIpc) is 2.29. The molecule has 4 heteroatoms. The molecular weight excluding hydrogens is 208 g/mol. The van der Waals surface area contributed by atoms with E-state index in [2.05, 4.69) is 0 Å². The lowest BCUT2D eigenvalue weighted by Crippen LogP contribution is -2.36. The molecule has 0 spiro atoms. The van der Waals surface area contributed by atoms with Crippen molar-refractivity contribution in [2.24, 2.45) is 5.92 Å². The van der Waals surface area contributed by atoms with E-state index in [1.54, 1.807) is 31.2 Å². The summed E-state index contributed by atoms with van der Waals surface area (Å²) in [5.41, 5.74) is 0.279. The molecule has 1 atom stereocenters. The van der Waals surface area contributed by atoms with Crippen LogP contribution in [-0.2, 0) is 4.79 Å². The van der Waals surface area contributed by atoms with Crippen LogP contribution in [0.1, 0.15) is 23.7 Å².